The summed E-state index contributed by atoms with van der Waals surface area (Å²) in [6, 6.07) is 11.8. The standard InChI is InChI=1S/C20H22Cl2N2O3/c1-13(20(26)23-2)24(12-15-5-4-6-16(9-15)27-3)19(25)11-14-7-8-17(21)18(22)10-14/h4-10,13H,11-12H2,1-3H3,(H,23,26)/t13-/m0/s1. The minimum atomic E-state index is -0.628. The van der Waals surface area contributed by atoms with Gasteiger partial charge in [-0.3, -0.25) is 9.59 Å². The fourth-order valence-electron chi connectivity index (χ4n) is 2.68. The van der Waals surface area contributed by atoms with Gasteiger partial charge in [0.15, 0.2) is 0 Å². The van der Waals surface area contributed by atoms with Crippen molar-refractivity contribution in [1.29, 1.82) is 0 Å². The molecule has 0 aromatic heterocycles. The highest BCUT2D eigenvalue weighted by atomic mass is 35.5. The quantitative estimate of drug-likeness (QED) is 0.759. The molecule has 0 saturated carbocycles. The number of methoxy groups -OCH3 is 1. The average molecular weight is 409 g/mol. The number of likely N-dealkylation sites (N-methyl/N-ethyl adjacent to an activating group) is 1. The number of nitrogens with zero attached hydrogens (tertiary/aromatic N) is 1. The Bertz CT molecular complexity index is 827. The van der Waals surface area contributed by atoms with Crippen molar-refractivity contribution >= 4 is 35.0 Å². The second-order valence-corrected chi connectivity index (χ2v) is 6.90. The van der Waals surface area contributed by atoms with E-state index < -0.39 is 6.04 Å². The lowest BCUT2D eigenvalue weighted by Crippen LogP contribution is -2.47. The smallest absolute Gasteiger partial charge is 0.242 e. The van der Waals surface area contributed by atoms with E-state index in [4.69, 9.17) is 27.9 Å². The molecule has 0 bridgehead atoms. The zero-order chi connectivity index (χ0) is 20.0. The van der Waals surface area contributed by atoms with Crippen molar-refractivity contribution < 1.29 is 14.3 Å². The topological polar surface area (TPSA) is 58.6 Å². The van der Waals surface area contributed by atoms with E-state index in [9.17, 15) is 9.59 Å². The lowest BCUT2D eigenvalue weighted by atomic mass is 10.1. The molecule has 0 radical (unpaired) electrons. The van der Waals surface area contributed by atoms with Gasteiger partial charge in [-0.05, 0) is 42.3 Å². The van der Waals surface area contributed by atoms with Gasteiger partial charge in [0.1, 0.15) is 11.8 Å². The number of ether oxygens (including phenoxy) is 1. The summed E-state index contributed by atoms with van der Waals surface area (Å²) in [6.07, 6.45) is 0.113. The highest BCUT2D eigenvalue weighted by Crippen LogP contribution is 2.23. The average Bonchev–Trinajstić information content (AvgIpc) is 2.67. The van der Waals surface area contributed by atoms with Crippen molar-refractivity contribution in [2.24, 2.45) is 0 Å². The first-order chi connectivity index (χ1) is 12.8. The second kappa shape index (κ2) is 9.62. The first-order valence-electron chi connectivity index (χ1n) is 8.43. The maximum absolute atomic E-state index is 13.0. The number of nitrogens with one attached hydrogen (secondary N) is 1. The summed E-state index contributed by atoms with van der Waals surface area (Å²) in [5.41, 5.74) is 1.60. The molecule has 5 nitrogen and oxygen atoms in total. The van der Waals surface area contributed by atoms with Gasteiger partial charge in [-0.2, -0.15) is 0 Å². The molecule has 0 spiro atoms. The third-order valence-electron chi connectivity index (χ3n) is 4.24. The van der Waals surface area contributed by atoms with Crippen molar-refractivity contribution in [3.63, 3.8) is 0 Å². The Hall–Kier alpha value is -2.24. The maximum atomic E-state index is 13.0. The number of hydrogen-bond acceptors (Lipinski definition) is 3. The zero-order valence-electron chi connectivity index (χ0n) is 15.5. The van der Waals surface area contributed by atoms with Crippen LogP contribution < -0.4 is 10.1 Å². The van der Waals surface area contributed by atoms with Gasteiger partial charge in [-0.1, -0.05) is 41.4 Å². The van der Waals surface area contributed by atoms with Crippen molar-refractivity contribution in [3.8, 4) is 5.75 Å². The van der Waals surface area contributed by atoms with Crippen LogP contribution in [0.25, 0.3) is 0 Å². The Morgan fingerprint density at radius 1 is 1.11 bits per heavy atom. The highest BCUT2D eigenvalue weighted by Gasteiger charge is 2.25. The summed E-state index contributed by atoms with van der Waals surface area (Å²) >= 11 is 12.0. The van der Waals surface area contributed by atoms with Crippen LogP contribution in [0.3, 0.4) is 0 Å². The molecule has 0 aliphatic carbocycles. The van der Waals surface area contributed by atoms with Crippen LogP contribution in [0.4, 0.5) is 0 Å². The number of carbonyl (C=O) groups is 2. The minimum absolute atomic E-state index is 0.113. The van der Waals surface area contributed by atoms with Crippen LogP contribution in [0.1, 0.15) is 18.1 Å². The Morgan fingerprint density at radius 2 is 1.85 bits per heavy atom. The molecule has 0 heterocycles. The van der Waals surface area contributed by atoms with Crippen LogP contribution in [0.15, 0.2) is 42.5 Å². The SMILES string of the molecule is CNC(=O)[C@H](C)N(Cc1cccc(OC)c1)C(=O)Cc1ccc(Cl)c(Cl)c1. The maximum Gasteiger partial charge on any atom is 0.242 e. The normalized spacial score (nSPS) is 11.6. The van der Waals surface area contributed by atoms with E-state index >= 15 is 0 Å². The molecule has 2 amide bonds. The molecule has 2 rings (SSSR count). The van der Waals surface area contributed by atoms with E-state index in [0.717, 1.165) is 11.1 Å². The van der Waals surface area contributed by atoms with Gasteiger partial charge in [0.25, 0.3) is 0 Å². The van der Waals surface area contributed by atoms with Crippen molar-refractivity contribution in [2.75, 3.05) is 14.2 Å². The van der Waals surface area contributed by atoms with Crippen molar-refractivity contribution in [3.05, 3.63) is 63.6 Å². The molecule has 0 fully saturated rings. The van der Waals surface area contributed by atoms with Gasteiger partial charge in [0.2, 0.25) is 11.8 Å². The molecular formula is C20H22Cl2N2O3. The predicted molar refractivity (Wildman–Crippen MR) is 107 cm³/mol. The summed E-state index contributed by atoms with van der Waals surface area (Å²) < 4.78 is 5.24. The number of halogens is 2. The summed E-state index contributed by atoms with van der Waals surface area (Å²) in [7, 11) is 3.13. The summed E-state index contributed by atoms with van der Waals surface area (Å²) in [6.45, 7) is 1.98. The van der Waals surface area contributed by atoms with E-state index in [1.807, 2.05) is 24.3 Å². The molecule has 27 heavy (non-hydrogen) atoms. The Morgan fingerprint density at radius 3 is 2.48 bits per heavy atom. The van der Waals surface area contributed by atoms with Gasteiger partial charge in [0.05, 0.1) is 23.6 Å². The number of benzene rings is 2. The summed E-state index contributed by atoms with van der Waals surface area (Å²) in [4.78, 5) is 26.7. The minimum Gasteiger partial charge on any atom is -0.497 e. The second-order valence-electron chi connectivity index (χ2n) is 6.09. The third-order valence-corrected chi connectivity index (χ3v) is 4.98. The molecule has 0 unspecified atom stereocenters. The van der Waals surface area contributed by atoms with E-state index in [1.165, 1.54) is 4.90 Å². The molecule has 0 aliphatic heterocycles. The molecule has 7 heteroatoms. The zero-order valence-corrected chi connectivity index (χ0v) is 17.0. The van der Waals surface area contributed by atoms with E-state index in [0.29, 0.717) is 15.8 Å². The molecule has 2 aromatic rings. The molecule has 0 aliphatic rings. The van der Waals surface area contributed by atoms with E-state index in [-0.39, 0.29) is 24.8 Å². The molecule has 1 N–H and O–H groups in total. The molecule has 2 aromatic carbocycles. The van der Waals surface area contributed by atoms with Crippen LogP contribution in [0.2, 0.25) is 10.0 Å². The van der Waals surface area contributed by atoms with E-state index in [2.05, 4.69) is 5.32 Å². The van der Waals surface area contributed by atoms with Gasteiger partial charge in [-0.15, -0.1) is 0 Å². The Labute approximate surface area is 169 Å². The van der Waals surface area contributed by atoms with Crippen LogP contribution in [-0.2, 0) is 22.6 Å². The van der Waals surface area contributed by atoms with E-state index in [1.54, 1.807) is 39.3 Å². The number of hydrogen-bond donors (Lipinski definition) is 1. The first kappa shape index (κ1) is 21.1. The van der Waals surface area contributed by atoms with Crippen molar-refractivity contribution in [1.82, 2.24) is 10.2 Å². The first-order valence-corrected chi connectivity index (χ1v) is 9.19. The third kappa shape index (κ3) is 5.62. The monoisotopic (exact) mass is 408 g/mol. The fraction of sp³-hybridized carbons (Fsp3) is 0.300. The lowest BCUT2D eigenvalue weighted by molar-refractivity contribution is -0.139. The Balaban J connectivity index is 2.26. The highest BCUT2D eigenvalue weighted by molar-refractivity contribution is 6.42. The molecular weight excluding hydrogens is 387 g/mol. The Kier molecular flexibility index (Phi) is 7.51. The van der Waals surface area contributed by atoms with Crippen LogP contribution in [0.5, 0.6) is 5.75 Å². The summed E-state index contributed by atoms with van der Waals surface area (Å²) in [5.74, 6) is 0.268. The van der Waals surface area contributed by atoms with Crippen LogP contribution in [-0.4, -0.2) is 36.9 Å². The lowest BCUT2D eigenvalue weighted by Gasteiger charge is -2.28. The van der Waals surface area contributed by atoms with Gasteiger partial charge >= 0.3 is 0 Å². The van der Waals surface area contributed by atoms with Crippen LogP contribution in [0, 0.1) is 0 Å². The van der Waals surface area contributed by atoms with Gasteiger partial charge in [-0.25, -0.2) is 0 Å². The number of amides is 2. The van der Waals surface area contributed by atoms with Gasteiger partial charge < -0.3 is 15.0 Å². The van der Waals surface area contributed by atoms with Crippen molar-refractivity contribution in [2.45, 2.75) is 25.9 Å². The number of rotatable bonds is 7. The fourth-order valence-corrected chi connectivity index (χ4v) is 3.01. The number of carbonyl (C=O) groups excluding carboxylic acids is 2. The molecule has 1 atom stereocenters. The largest absolute Gasteiger partial charge is 0.497 e. The molecule has 144 valence electrons. The van der Waals surface area contributed by atoms with Crippen LogP contribution >= 0.6 is 23.2 Å². The predicted octanol–water partition coefficient (Wildman–Crippen LogP) is 3.71. The molecule has 0 saturated heterocycles. The van der Waals surface area contributed by atoms with Gasteiger partial charge in [0, 0.05) is 13.6 Å². The summed E-state index contributed by atoms with van der Waals surface area (Å²) in [5, 5.41) is 3.41.